The Bertz CT molecular complexity index is 1720. The molecule has 9 nitrogen and oxygen atoms in total. The molecule has 2 amide bonds. The fraction of sp³-hybridized carbons (Fsp3) is 0.333. The van der Waals surface area contributed by atoms with E-state index < -0.39 is 27.5 Å². The summed E-state index contributed by atoms with van der Waals surface area (Å²) in [6, 6.07) is 13.0. The molecular formula is C30H30Cl3N3O6S. The number of sulfonamides is 1. The van der Waals surface area contributed by atoms with Crippen LogP contribution in [0, 0.1) is 0 Å². The summed E-state index contributed by atoms with van der Waals surface area (Å²) in [7, 11) is 1.41. The predicted octanol–water partition coefficient (Wildman–Crippen LogP) is 5.59. The highest BCUT2D eigenvalue weighted by molar-refractivity contribution is 7.93. The molecule has 0 bridgehead atoms. The lowest BCUT2D eigenvalue weighted by molar-refractivity contribution is -0.142. The number of likely N-dealkylation sites (N-methyl/N-ethyl adjacent to an activating group) is 1. The lowest BCUT2D eigenvalue weighted by atomic mass is 9.79. The largest absolute Gasteiger partial charge is 0.497 e. The van der Waals surface area contributed by atoms with Crippen molar-refractivity contribution in [1.29, 1.82) is 0 Å². The molecule has 1 saturated heterocycles. The molecule has 0 N–H and O–H groups in total. The van der Waals surface area contributed by atoms with Crippen molar-refractivity contribution in [3.05, 3.63) is 80.8 Å². The molecule has 43 heavy (non-hydrogen) atoms. The smallest absolute Gasteiger partial charge is 0.274 e. The van der Waals surface area contributed by atoms with Gasteiger partial charge < -0.3 is 14.4 Å². The van der Waals surface area contributed by atoms with Crippen molar-refractivity contribution < 1.29 is 27.5 Å². The van der Waals surface area contributed by atoms with Crippen LogP contribution in [-0.2, 0) is 25.2 Å². The van der Waals surface area contributed by atoms with Crippen LogP contribution in [0.15, 0.2) is 59.5 Å². The van der Waals surface area contributed by atoms with Crippen molar-refractivity contribution in [3.63, 3.8) is 0 Å². The standard InChI is InChI=1S/C30H30Cl3N3O6S/c1-34(2)28(37)24-11-7-8-14-35(24)30(19-9-5-6-10-21(19)31)20-16-22(32)23(33)17-25(20)36(29(30)38)43(39,40)27-13-12-18(41-3)15-26(27)42-4/h5-6,9-10,12-13,15-17,24H,7-8,11,14H2,1-4H3. The second-order valence-electron chi connectivity index (χ2n) is 10.5. The van der Waals surface area contributed by atoms with Crippen molar-refractivity contribution in [2.75, 3.05) is 39.2 Å². The maximum absolute atomic E-state index is 15.2. The molecule has 0 radical (unpaired) electrons. The number of rotatable bonds is 7. The molecule has 3 aromatic carbocycles. The Morgan fingerprint density at radius 3 is 2.28 bits per heavy atom. The first-order valence-electron chi connectivity index (χ1n) is 13.5. The van der Waals surface area contributed by atoms with E-state index in [9.17, 15) is 13.2 Å². The number of nitrogens with zero attached hydrogens (tertiary/aromatic N) is 3. The van der Waals surface area contributed by atoms with Crippen LogP contribution in [0.25, 0.3) is 0 Å². The van der Waals surface area contributed by atoms with Crippen LogP contribution in [0.4, 0.5) is 5.69 Å². The summed E-state index contributed by atoms with van der Waals surface area (Å²) in [6.45, 7) is 0.306. The zero-order chi connectivity index (χ0) is 31.3. The number of piperidine rings is 1. The summed E-state index contributed by atoms with van der Waals surface area (Å²) in [4.78, 5) is 31.8. The van der Waals surface area contributed by atoms with Crippen molar-refractivity contribution in [1.82, 2.24) is 9.80 Å². The lowest BCUT2D eigenvalue weighted by Gasteiger charge is -2.47. The van der Waals surface area contributed by atoms with Gasteiger partial charge in [0.15, 0.2) is 5.54 Å². The number of carbonyl (C=O) groups is 2. The maximum atomic E-state index is 15.2. The van der Waals surface area contributed by atoms with Gasteiger partial charge in [0.2, 0.25) is 5.91 Å². The highest BCUT2D eigenvalue weighted by Crippen LogP contribution is 2.55. The molecule has 0 aromatic heterocycles. The minimum absolute atomic E-state index is 0.00110. The van der Waals surface area contributed by atoms with E-state index in [4.69, 9.17) is 44.3 Å². The summed E-state index contributed by atoms with van der Waals surface area (Å²) >= 11 is 19.9. The van der Waals surface area contributed by atoms with Crippen LogP contribution in [-0.4, -0.2) is 70.9 Å². The number of anilines is 1. The summed E-state index contributed by atoms with van der Waals surface area (Å²) in [6.07, 6.45) is 1.85. The number of ether oxygens (including phenoxy) is 2. The minimum Gasteiger partial charge on any atom is -0.497 e. The second-order valence-corrected chi connectivity index (χ2v) is 13.5. The Morgan fingerprint density at radius 2 is 1.63 bits per heavy atom. The number of amides is 2. The number of hydrogen-bond donors (Lipinski definition) is 0. The molecule has 2 aliphatic heterocycles. The SMILES string of the molecule is COc1ccc(S(=O)(=O)N2C(=O)C(c3ccccc3Cl)(N3CCCCC3C(=O)N(C)C)c3cc(Cl)c(Cl)cc32)c(OC)c1. The number of likely N-dealkylation sites (tertiary alicyclic amines) is 1. The summed E-state index contributed by atoms with van der Waals surface area (Å²) in [5, 5.41) is 0.374. The van der Waals surface area contributed by atoms with E-state index in [1.807, 2.05) is 0 Å². The number of halogens is 3. The van der Waals surface area contributed by atoms with Gasteiger partial charge in [-0.05, 0) is 43.2 Å². The third kappa shape index (κ3) is 4.93. The highest BCUT2D eigenvalue weighted by Gasteiger charge is 2.62. The summed E-state index contributed by atoms with van der Waals surface area (Å²) in [5.41, 5.74) is -1.28. The molecule has 3 aromatic rings. The highest BCUT2D eigenvalue weighted by atomic mass is 35.5. The normalized spacial score (nSPS) is 20.6. The van der Waals surface area contributed by atoms with Crippen molar-refractivity contribution in [2.24, 2.45) is 0 Å². The first-order chi connectivity index (χ1) is 20.4. The zero-order valence-electron chi connectivity index (χ0n) is 23.9. The quantitative estimate of drug-likeness (QED) is 0.325. The number of methoxy groups -OCH3 is 2. The molecule has 1 fully saturated rings. The van der Waals surface area contributed by atoms with Gasteiger partial charge in [0.25, 0.3) is 15.9 Å². The fourth-order valence-electron chi connectivity index (χ4n) is 6.03. The molecule has 2 unspecified atom stereocenters. The van der Waals surface area contributed by atoms with E-state index in [0.717, 1.165) is 10.7 Å². The Kier molecular flexibility index (Phi) is 8.63. The number of hydrogen-bond acceptors (Lipinski definition) is 7. The van der Waals surface area contributed by atoms with Gasteiger partial charge in [-0.25, -0.2) is 12.7 Å². The predicted molar refractivity (Wildman–Crippen MR) is 166 cm³/mol. The van der Waals surface area contributed by atoms with Crippen molar-refractivity contribution in [2.45, 2.75) is 35.7 Å². The van der Waals surface area contributed by atoms with E-state index >= 15 is 4.79 Å². The van der Waals surface area contributed by atoms with E-state index in [1.165, 1.54) is 49.5 Å². The van der Waals surface area contributed by atoms with Gasteiger partial charge in [-0.3, -0.25) is 14.5 Å². The van der Waals surface area contributed by atoms with Gasteiger partial charge >= 0.3 is 0 Å². The second kappa shape index (κ2) is 11.8. The summed E-state index contributed by atoms with van der Waals surface area (Å²) in [5.74, 6) is -0.728. The minimum atomic E-state index is -4.65. The van der Waals surface area contributed by atoms with Crippen LogP contribution in [0.3, 0.4) is 0 Å². The van der Waals surface area contributed by atoms with E-state index in [1.54, 1.807) is 43.3 Å². The molecule has 228 valence electrons. The first kappa shape index (κ1) is 31.4. The van der Waals surface area contributed by atoms with Crippen LogP contribution in [0.1, 0.15) is 30.4 Å². The number of fused-ring (bicyclic) bond motifs is 1. The van der Waals surface area contributed by atoms with Gasteiger partial charge in [0.05, 0.1) is 36.0 Å². The monoisotopic (exact) mass is 665 g/mol. The Balaban J connectivity index is 1.87. The zero-order valence-corrected chi connectivity index (χ0v) is 27.0. The molecule has 2 atom stereocenters. The Labute approximate surface area is 265 Å². The molecule has 0 saturated carbocycles. The van der Waals surface area contributed by atoms with E-state index in [2.05, 4.69) is 0 Å². The first-order valence-corrected chi connectivity index (χ1v) is 16.0. The van der Waals surface area contributed by atoms with Gasteiger partial charge in [0.1, 0.15) is 16.4 Å². The molecule has 2 aliphatic rings. The van der Waals surface area contributed by atoms with Crippen LogP contribution in [0.5, 0.6) is 11.5 Å². The molecule has 2 heterocycles. The Hall–Kier alpha value is -3.02. The number of benzene rings is 3. The molecular weight excluding hydrogens is 637 g/mol. The van der Waals surface area contributed by atoms with Crippen LogP contribution >= 0.6 is 34.8 Å². The van der Waals surface area contributed by atoms with Crippen molar-refractivity contribution >= 4 is 62.3 Å². The Morgan fingerprint density at radius 1 is 0.930 bits per heavy atom. The van der Waals surface area contributed by atoms with Gasteiger partial charge in [-0.1, -0.05) is 59.4 Å². The number of carbonyl (C=O) groups excluding carboxylic acids is 2. The van der Waals surface area contributed by atoms with Gasteiger partial charge in [-0.15, -0.1) is 0 Å². The van der Waals surface area contributed by atoms with Crippen LogP contribution in [0.2, 0.25) is 15.1 Å². The van der Waals surface area contributed by atoms with E-state index in [0.29, 0.717) is 30.7 Å². The molecule has 0 spiro atoms. The third-order valence-electron chi connectivity index (χ3n) is 7.95. The molecule has 5 rings (SSSR count). The topological polar surface area (TPSA) is 96.5 Å². The van der Waals surface area contributed by atoms with Gasteiger partial charge in [0, 0.05) is 42.9 Å². The third-order valence-corrected chi connectivity index (χ3v) is 10.7. The maximum Gasteiger partial charge on any atom is 0.274 e. The van der Waals surface area contributed by atoms with Gasteiger partial charge in [-0.2, -0.15) is 0 Å². The average Bonchev–Trinajstić information content (AvgIpc) is 3.24. The average molecular weight is 667 g/mol. The van der Waals surface area contributed by atoms with Crippen molar-refractivity contribution in [3.8, 4) is 11.5 Å². The lowest BCUT2D eigenvalue weighted by Crippen LogP contribution is -2.62. The van der Waals surface area contributed by atoms with Crippen LogP contribution < -0.4 is 13.8 Å². The summed E-state index contributed by atoms with van der Waals surface area (Å²) < 4.78 is 40.5. The fourth-order valence-corrected chi connectivity index (χ4v) is 8.21. The molecule has 0 aliphatic carbocycles. The molecule has 13 heteroatoms. The van der Waals surface area contributed by atoms with E-state index in [-0.39, 0.29) is 42.9 Å².